The van der Waals surface area contributed by atoms with Gasteiger partial charge in [-0.25, -0.2) is 0 Å². The lowest BCUT2D eigenvalue weighted by atomic mass is 9.83. The normalized spacial score (nSPS) is 26.9. The number of hydrogen-bond donors (Lipinski definition) is 1. The van der Waals surface area contributed by atoms with Crippen molar-refractivity contribution in [2.75, 3.05) is 13.7 Å². The summed E-state index contributed by atoms with van der Waals surface area (Å²) < 4.78 is 4.83. The molecule has 0 saturated heterocycles. The van der Waals surface area contributed by atoms with Crippen molar-refractivity contribution in [3.63, 3.8) is 0 Å². The topological polar surface area (TPSA) is 38.3 Å². The fraction of sp³-hybridized carbons (Fsp3) is 0.929. The van der Waals surface area contributed by atoms with Crippen molar-refractivity contribution in [2.24, 2.45) is 17.8 Å². The molecule has 3 nitrogen and oxygen atoms in total. The Morgan fingerprint density at radius 3 is 2.35 bits per heavy atom. The highest BCUT2D eigenvalue weighted by Gasteiger charge is 2.25. The maximum Gasteiger partial charge on any atom is 0.323 e. The molecule has 1 atom stereocenters. The monoisotopic (exact) mass is 241 g/mol. The number of ether oxygens (including phenoxy) is 1. The van der Waals surface area contributed by atoms with Crippen LogP contribution >= 0.6 is 0 Å². The van der Waals surface area contributed by atoms with Crippen molar-refractivity contribution in [3.05, 3.63) is 0 Å². The molecule has 0 heterocycles. The molecule has 1 saturated carbocycles. The van der Waals surface area contributed by atoms with Crippen LogP contribution in [0.5, 0.6) is 0 Å². The van der Waals surface area contributed by atoms with E-state index in [-0.39, 0.29) is 17.9 Å². The van der Waals surface area contributed by atoms with Crippen LogP contribution < -0.4 is 5.32 Å². The molecule has 3 heteroatoms. The van der Waals surface area contributed by atoms with E-state index in [1.807, 2.05) is 0 Å². The molecule has 0 amide bonds. The van der Waals surface area contributed by atoms with Crippen LogP contribution in [0.3, 0.4) is 0 Å². The molecule has 17 heavy (non-hydrogen) atoms. The van der Waals surface area contributed by atoms with Gasteiger partial charge in [0.1, 0.15) is 6.04 Å². The van der Waals surface area contributed by atoms with Gasteiger partial charge in [0.25, 0.3) is 0 Å². The van der Waals surface area contributed by atoms with Crippen LogP contribution in [0.2, 0.25) is 0 Å². The highest BCUT2D eigenvalue weighted by molar-refractivity contribution is 5.75. The molecule has 0 radical (unpaired) electrons. The Hall–Kier alpha value is -0.570. The van der Waals surface area contributed by atoms with Crippen molar-refractivity contribution in [1.82, 2.24) is 5.32 Å². The van der Waals surface area contributed by atoms with Gasteiger partial charge in [-0.05, 0) is 37.1 Å². The van der Waals surface area contributed by atoms with E-state index in [0.29, 0.717) is 0 Å². The lowest BCUT2D eigenvalue weighted by Gasteiger charge is -2.28. The van der Waals surface area contributed by atoms with Gasteiger partial charge in [-0.1, -0.05) is 33.6 Å². The number of esters is 1. The number of hydrogen-bond acceptors (Lipinski definition) is 3. The van der Waals surface area contributed by atoms with Crippen molar-refractivity contribution in [3.8, 4) is 0 Å². The van der Waals surface area contributed by atoms with E-state index in [9.17, 15) is 4.79 Å². The first-order valence-electron chi connectivity index (χ1n) is 6.85. The van der Waals surface area contributed by atoms with Crippen LogP contribution in [0.15, 0.2) is 0 Å². The number of carbonyl (C=O) groups is 1. The summed E-state index contributed by atoms with van der Waals surface area (Å²) in [6.45, 7) is 7.38. The van der Waals surface area contributed by atoms with Crippen LogP contribution in [0.4, 0.5) is 0 Å². The minimum Gasteiger partial charge on any atom is -0.468 e. The zero-order chi connectivity index (χ0) is 12.8. The molecule has 0 spiro atoms. The number of nitrogens with one attached hydrogen (secondary N) is 1. The Morgan fingerprint density at radius 2 is 1.88 bits per heavy atom. The zero-order valence-electron chi connectivity index (χ0n) is 11.7. The van der Waals surface area contributed by atoms with Gasteiger partial charge in [-0.2, -0.15) is 0 Å². The summed E-state index contributed by atoms with van der Waals surface area (Å²) in [6.07, 6.45) is 5.24. The van der Waals surface area contributed by atoms with Crippen molar-refractivity contribution in [2.45, 2.75) is 52.5 Å². The highest BCUT2D eigenvalue weighted by atomic mass is 16.5. The molecule has 0 aliphatic heterocycles. The van der Waals surface area contributed by atoms with Crippen LogP contribution in [0.25, 0.3) is 0 Å². The van der Waals surface area contributed by atoms with E-state index in [2.05, 4.69) is 26.1 Å². The molecule has 1 N–H and O–H groups in total. The third-order valence-corrected chi connectivity index (χ3v) is 3.88. The van der Waals surface area contributed by atoms with E-state index < -0.39 is 0 Å². The predicted molar refractivity (Wildman–Crippen MR) is 69.8 cm³/mol. The summed E-state index contributed by atoms with van der Waals surface area (Å²) in [4.78, 5) is 11.6. The Bertz CT molecular complexity index is 232. The number of rotatable bonds is 5. The molecule has 1 aliphatic carbocycles. The number of methoxy groups -OCH3 is 1. The standard InChI is InChI=1S/C14H27NO2/c1-10(2)13(14(16)17-4)15-9-12-7-5-11(3)6-8-12/h10-13,15H,5-9H2,1-4H3/t11?,12?,13-/m0/s1. The fourth-order valence-corrected chi connectivity index (χ4v) is 2.55. The third kappa shape index (κ3) is 4.66. The zero-order valence-corrected chi connectivity index (χ0v) is 11.7. The summed E-state index contributed by atoms with van der Waals surface area (Å²) in [5.41, 5.74) is 0. The summed E-state index contributed by atoms with van der Waals surface area (Å²) in [5.74, 6) is 1.76. The van der Waals surface area contributed by atoms with Gasteiger partial charge in [0.05, 0.1) is 7.11 Å². The molecule has 1 fully saturated rings. The second kappa shape index (κ2) is 7.00. The second-order valence-corrected chi connectivity index (χ2v) is 5.78. The van der Waals surface area contributed by atoms with Gasteiger partial charge in [0, 0.05) is 0 Å². The van der Waals surface area contributed by atoms with Crippen molar-refractivity contribution in [1.29, 1.82) is 0 Å². The van der Waals surface area contributed by atoms with Gasteiger partial charge in [0.15, 0.2) is 0 Å². The van der Waals surface area contributed by atoms with Gasteiger partial charge >= 0.3 is 5.97 Å². The maximum absolute atomic E-state index is 11.6. The highest BCUT2D eigenvalue weighted by Crippen LogP contribution is 2.27. The Balaban J connectivity index is 2.34. The van der Waals surface area contributed by atoms with E-state index in [1.54, 1.807) is 0 Å². The summed E-state index contributed by atoms with van der Waals surface area (Å²) in [7, 11) is 1.46. The first-order chi connectivity index (χ1) is 8.04. The SMILES string of the molecule is COC(=O)[C@@H](NCC1CCC(C)CC1)C(C)C. The lowest BCUT2D eigenvalue weighted by molar-refractivity contribution is -0.144. The van der Waals surface area contributed by atoms with E-state index in [0.717, 1.165) is 18.4 Å². The largest absolute Gasteiger partial charge is 0.468 e. The minimum atomic E-state index is -0.153. The molecule has 0 aromatic rings. The van der Waals surface area contributed by atoms with Crippen LogP contribution in [-0.2, 0) is 9.53 Å². The molecule has 0 aromatic heterocycles. The van der Waals surface area contributed by atoms with Gasteiger partial charge in [-0.15, -0.1) is 0 Å². The van der Waals surface area contributed by atoms with Crippen molar-refractivity contribution >= 4 is 5.97 Å². The predicted octanol–water partition coefficient (Wildman–Crippen LogP) is 2.60. The molecule has 0 unspecified atom stereocenters. The van der Waals surface area contributed by atoms with E-state index in [4.69, 9.17) is 4.74 Å². The molecule has 0 bridgehead atoms. The minimum absolute atomic E-state index is 0.135. The first kappa shape index (κ1) is 14.5. The Kier molecular flexibility index (Phi) is 5.96. The van der Waals surface area contributed by atoms with E-state index in [1.165, 1.54) is 32.8 Å². The molecular weight excluding hydrogens is 214 g/mol. The maximum atomic E-state index is 11.6. The second-order valence-electron chi connectivity index (χ2n) is 5.78. The average Bonchev–Trinajstić information content (AvgIpc) is 2.31. The average molecular weight is 241 g/mol. The molecule has 0 aromatic carbocycles. The van der Waals surface area contributed by atoms with E-state index >= 15 is 0 Å². The van der Waals surface area contributed by atoms with Gasteiger partial charge in [-0.3, -0.25) is 4.79 Å². The Labute approximate surface area is 105 Å². The molecule has 1 aliphatic rings. The lowest BCUT2D eigenvalue weighted by Crippen LogP contribution is -2.44. The van der Waals surface area contributed by atoms with Crippen LogP contribution in [-0.4, -0.2) is 25.7 Å². The quantitative estimate of drug-likeness (QED) is 0.752. The third-order valence-electron chi connectivity index (χ3n) is 3.88. The fourth-order valence-electron chi connectivity index (χ4n) is 2.55. The summed E-state index contributed by atoms with van der Waals surface area (Å²) in [5, 5.41) is 3.38. The van der Waals surface area contributed by atoms with Crippen molar-refractivity contribution < 1.29 is 9.53 Å². The van der Waals surface area contributed by atoms with Gasteiger partial charge in [0.2, 0.25) is 0 Å². The summed E-state index contributed by atoms with van der Waals surface area (Å²) in [6, 6.07) is -0.153. The molecule has 100 valence electrons. The molecule has 1 rings (SSSR count). The molecular formula is C14H27NO2. The van der Waals surface area contributed by atoms with Crippen LogP contribution in [0.1, 0.15) is 46.5 Å². The van der Waals surface area contributed by atoms with Crippen LogP contribution in [0, 0.1) is 17.8 Å². The van der Waals surface area contributed by atoms with Gasteiger partial charge < -0.3 is 10.1 Å². The Morgan fingerprint density at radius 1 is 1.29 bits per heavy atom. The smallest absolute Gasteiger partial charge is 0.323 e. The first-order valence-corrected chi connectivity index (χ1v) is 6.85. The number of carbonyl (C=O) groups excluding carboxylic acids is 1. The summed E-state index contributed by atoms with van der Waals surface area (Å²) >= 11 is 0.